The zero-order valence-electron chi connectivity index (χ0n) is 11.0. The molecule has 1 N–H and O–H groups in total. The number of nitrogens with one attached hydrogen (secondary N) is 1. The molecule has 0 radical (unpaired) electrons. The highest BCUT2D eigenvalue weighted by Gasteiger charge is 2.09. The summed E-state index contributed by atoms with van der Waals surface area (Å²) in [6, 6.07) is 10.7. The molecule has 0 spiro atoms. The van der Waals surface area contributed by atoms with E-state index in [-0.39, 0.29) is 24.7 Å². The predicted octanol–water partition coefficient (Wildman–Crippen LogP) is 4.37. The third kappa shape index (κ3) is 4.65. The minimum absolute atomic E-state index is 0.103. The molecule has 0 atom stereocenters. The molecule has 0 heterocycles. The van der Waals surface area contributed by atoms with Gasteiger partial charge in [0.2, 0.25) is 0 Å². The molecule has 0 aliphatic rings. The molecule has 0 aliphatic carbocycles. The molecule has 0 bridgehead atoms. The van der Waals surface area contributed by atoms with Crippen molar-refractivity contribution in [3.63, 3.8) is 0 Å². The SMILES string of the molecule is Fc1ccc(Cl)cc1CNCc1ccccc1OC(F)F. The fourth-order valence-corrected chi connectivity index (χ4v) is 2.07. The van der Waals surface area contributed by atoms with Gasteiger partial charge in [-0.2, -0.15) is 8.78 Å². The average Bonchev–Trinajstić information content (AvgIpc) is 2.44. The Labute approximate surface area is 125 Å². The number of hydrogen-bond acceptors (Lipinski definition) is 2. The van der Waals surface area contributed by atoms with Crippen molar-refractivity contribution >= 4 is 11.6 Å². The topological polar surface area (TPSA) is 21.3 Å². The van der Waals surface area contributed by atoms with Crippen molar-refractivity contribution in [2.75, 3.05) is 0 Å². The van der Waals surface area contributed by atoms with Crippen LogP contribution in [-0.4, -0.2) is 6.61 Å². The molecule has 112 valence electrons. The summed E-state index contributed by atoms with van der Waals surface area (Å²) in [5.41, 5.74) is 0.981. The second-order valence-corrected chi connectivity index (χ2v) is 4.76. The molecule has 0 amide bonds. The number of halogens is 4. The minimum Gasteiger partial charge on any atom is -0.434 e. The second-order valence-electron chi connectivity index (χ2n) is 4.33. The average molecular weight is 316 g/mol. The van der Waals surface area contributed by atoms with E-state index in [9.17, 15) is 13.2 Å². The van der Waals surface area contributed by atoms with Gasteiger partial charge in [-0.15, -0.1) is 0 Å². The molecule has 0 saturated carbocycles. The van der Waals surface area contributed by atoms with E-state index in [0.717, 1.165) is 0 Å². The van der Waals surface area contributed by atoms with Gasteiger partial charge in [0, 0.05) is 29.2 Å². The first-order chi connectivity index (χ1) is 10.1. The van der Waals surface area contributed by atoms with Crippen molar-refractivity contribution in [1.29, 1.82) is 0 Å². The summed E-state index contributed by atoms with van der Waals surface area (Å²) in [5.74, 6) is -0.268. The van der Waals surface area contributed by atoms with Gasteiger partial charge in [0.15, 0.2) is 0 Å². The zero-order chi connectivity index (χ0) is 15.2. The maximum absolute atomic E-state index is 13.5. The lowest BCUT2D eigenvalue weighted by Gasteiger charge is -2.11. The largest absolute Gasteiger partial charge is 0.434 e. The van der Waals surface area contributed by atoms with Crippen LogP contribution in [0.4, 0.5) is 13.2 Å². The van der Waals surface area contributed by atoms with Crippen LogP contribution >= 0.6 is 11.6 Å². The molecule has 2 aromatic rings. The smallest absolute Gasteiger partial charge is 0.387 e. The van der Waals surface area contributed by atoms with Crippen LogP contribution < -0.4 is 10.1 Å². The summed E-state index contributed by atoms with van der Waals surface area (Å²) in [7, 11) is 0. The first kappa shape index (κ1) is 15.7. The summed E-state index contributed by atoms with van der Waals surface area (Å²) >= 11 is 5.80. The van der Waals surface area contributed by atoms with Crippen LogP contribution in [0.25, 0.3) is 0 Å². The van der Waals surface area contributed by atoms with Crippen LogP contribution in [-0.2, 0) is 13.1 Å². The summed E-state index contributed by atoms with van der Waals surface area (Å²) in [4.78, 5) is 0. The summed E-state index contributed by atoms with van der Waals surface area (Å²) in [5, 5.41) is 3.42. The van der Waals surface area contributed by atoms with Crippen molar-refractivity contribution in [2.45, 2.75) is 19.7 Å². The Morgan fingerprint density at radius 1 is 1.05 bits per heavy atom. The standard InChI is InChI=1S/C15H13ClF3NO/c16-12-5-6-13(17)11(7-12)9-20-8-10-3-1-2-4-14(10)21-15(18)19/h1-7,15,20H,8-9H2. The van der Waals surface area contributed by atoms with Gasteiger partial charge in [-0.25, -0.2) is 4.39 Å². The maximum Gasteiger partial charge on any atom is 0.387 e. The Balaban J connectivity index is 1.99. The maximum atomic E-state index is 13.5. The van der Waals surface area contributed by atoms with Crippen molar-refractivity contribution < 1.29 is 17.9 Å². The third-order valence-electron chi connectivity index (χ3n) is 2.83. The van der Waals surface area contributed by atoms with Crippen LogP contribution in [0.2, 0.25) is 5.02 Å². The van der Waals surface area contributed by atoms with Gasteiger partial charge in [-0.1, -0.05) is 29.8 Å². The molecule has 2 rings (SSSR count). The Hall–Kier alpha value is -1.72. The van der Waals surface area contributed by atoms with Crippen molar-refractivity contribution in [3.8, 4) is 5.75 Å². The number of para-hydroxylation sites is 1. The van der Waals surface area contributed by atoms with E-state index in [0.29, 0.717) is 16.1 Å². The molecule has 2 aromatic carbocycles. The number of hydrogen-bond donors (Lipinski definition) is 1. The van der Waals surface area contributed by atoms with Gasteiger partial charge in [0.25, 0.3) is 0 Å². The number of benzene rings is 2. The monoisotopic (exact) mass is 315 g/mol. The first-order valence-corrected chi connectivity index (χ1v) is 6.61. The second kappa shape index (κ2) is 7.33. The molecule has 0 aromatic heterocycles. The van der Waals surface area contributed by atoms with E-state index in [4.69, 9.17) is 11.6 Å². The van der Waals surface area contributed by atoms with Gasteiger partial charge in [0.1, 0.15) is 11.6 Å². The number of rotatable bonds is 6. The Morgan fingerprint density at radius 2 is 1.76 bits per heavy atom. The van der Waals surface area contributed by atoms with E-state index in [2.05, 4.69) is 10.1 Å². The van der Waals surface area contributed by atoms with Gasteiger partial charge < -0.3 is 10.1 Å². The molecule has 0 saturated heterocycles. The van der Waals surface area contributed by atoms with E-state index < -0.39 is 6.61 Å². The molecule has 0 aliphatic heterocycles. The zero-order valence-corrected chi connectivity index (χ0v) is 11.7. The Bertz CT molecular complexity index is 607. The van der Waals surface area contributed by atoms with Gasteiger partial charge in [0.05, 0.1) is 0 Å². The molecule has 21 heavy (non-hydrogen) atoms. The predicted molar refractivity (Wildman–Crippen MR) is 75.0 cm³/mol. The van der Waals surface area contributed by atoms with E-state index in [1.807, 2.05) is 0 Å². The van der Waals surface area contributed by atoms with Crippen molar-refractivity contribution in [3.05, 3.63) is 64.4 Å². The van der Waals surface area contributed by atoms with Gasteiger partial charge >= 0.3 is 6.61 Å². The highest BCUT2D eigenvalue weighted by Crippen LogP contribution is 2.20. The lowest BCUT2D eigenvalue weighted by molar-refractivity contribution is -0.0505. The van der Waals surface area contributed by atoms with Crippen LogP contribution in [0.5, 0.6) is 5.75 Å². The molecule has 6 heteroatoms. The molecular formula is C15H13ClF3NO. The first-order valence-electron chi connectivity index (χ1n) is 6.23. The van der Waals surface area contributed by atoms with E-state index in [1.165, 1.54) is 24.3 Å². The molecule has 0 unspecified atom stereocenters. The highest BCUT2D eigenvalue weighted by atomic mass is 35.5. The lowest BCUT2D eigenvalue weighted by Crippen LogP contribution is -2.15. The fraction of sp³-hybridized carbons (Fsp3) is 0.200. The van der Waals surface area contributed by atoms with Crippen molar-refractivity contribution in [2.24, 2.45) is 0 Å². The van der Waals surface area contributed by atoms with Crippen molar-refractivity contribution in [1.82, 2.24) is 5.32 Å². The molecular weight excluding hydrogens is 303 g/mol. The summed E-state index contributed by atoms with van der Waals surface area (Å²) in [6.07, 6.45) is 0. The minimum atomic E-state index is -2.88. The molecule has 2 nitrogen and oxygen atoms in total. The van der Waals surface area contributed by atoms with Crippen LogP contribution in [0.15, 0.2) is 42.5 Å². The third-order valence-corrected chi connectivity index (χ3v) is 3.06. The highest BCUT2D eigenvalue weighted by molar-refractivity contribution is 6.30. The number of ether oxygens (including phenoxy) is 1. The van der Waals surface area contributed by atoms with Crippen LogP contribution in [0.1, 0.15) is 11.1 Å². The Kier molecular flexibility index (Phi) is 5.47. The fourth-order valence-electron chi connectivity index (χ4n) is 1.87. The number of alkyl halides is 2. The van der Waals surface area contributed by atoms with Crippen LogP contribution in [0.3, 0.4) is 0 Å². The molecule has 0 fully saturated rings. The van der Waals surface area contributed by atoms with Gasteiger partial charge in [-0.3, -0.25) is 0 Å². The van der Waals surface area contributed by atoms with Crippen LogP contribution in [0, 0.1) is 5.82 Å². The normalized spacial score (nSPS) is 10.9. The summed E-state index contributed by atoms with van der Waals surface area (Å²) < 4.78 is 42.5. The summed E-state index contributed by atoms with van der Waals surface area (Å²) in [6.45, 7) is -2.37. The van der Waals surface area contributed by atoms with Gasteiger partial charge in [-0.05, 0) is 24.3 Å². The Morgan fingerprint density at radius 3 is 2.52 bits per heavy atom. The quantitative estimate of drug-likeness (QED) is 0.854. The van der Waals surface area contributed by atoms with E-state index >= 15 is 0 Å². The van der Waals surface area contributed by atoms with E-state index in [1.54, 1.807) is 18.2 Å². The lowest BCUT2D eigenvalue weighted by atomic mass is 10.2.